The van der Waals surface area contributed by atoms with Gasteiger partial charge in [0.25, 0.3) is 0 Å². The third kappa shape index (κ3) is 5.23. The number of hydrogen-bond donors (Lipinski definition) is 0. The summed E-state index contributed by atoms with van der Waals surface area (Å²) in [7, 11) is 4.05. The SMILES string of the molecule is Cc1ccc(Cl)c2sc(N(CCCN(C)C)C(=O)Cc3ccc4c(c3)OCO4)nc12.Cl. The average molecular weight is 482 g/mol. The summed E-state index contributed by atoms with van der Waals surface area (Å²) in [6.07, 6.45) is 1.11. The van der Waals surface area contributed by atoms with Gasteiger partial charge in [0.05, 0.1) is 21.7 Å². The second-order valence-electron chi connectivity index (χ2n) is 7.61. The molecule has 166 valence electrons. The third-order valence-corrected chi connectivity index (χ3v) is 6.54. The van der Waals surface area contributed by atoms with Crippen molar-refractivity contribution in [3.63, 3.8) is 0 Å². The highest BCUT2D eigenvalue weighted by atomic mass is 35.5. The van der Waals surface area contributed by atoms with Gasteiger partial charge in [0.2, 0.25) is 12.7 Å². The minimum absolute atomic E-state index is 0. The molecule has 4 rings (SSSR count). The minimum Gasteiger partial charge on any atom is -0.454 e. The molecule has 3 aromatic rings. The minimum atomic E-state index is 0. The van der Waals surface area contributed by atoms with E-state index in [2.05, 4.69) is 4.90 Å². The van der Waals surface area contributed by atoms with Crippen LogP contribution in [0.2, 0.25) is 5.02 Å². The molecule has 1 aliphatic rings. The number of carbonyl (C=O) groups is 1. The molecule has 1 aliphatic heterocycles. The molecule has 0 N–H and O–H groups in total. The summed E-state index contributed by atoms with van der Waals surface area (Å²) in [6, 6.07) is 9.47. The molecule has 0 atom stereocenters. The maximum Gasteiger partial charge on any atom is 0.233 e. The Morgan fingerprint density at radius 2 is 1.94 bits per heavy atom. The lowest BCUT2D eigenvalue weighted by atomic mass is 10.1. The van der Waals surface area contributed by atoms with Gasteiger partial charge in [0.1, 0.15) is 0 Å². The van der Waals surface area contributed by atoms with E-state index in [1.54, 1.807) is 4.90 Å². The molecule has 9 heteroatoms. The lowest BCUT2D eigenvalue weighted by molar-refractivity contribution is -0.118. The second-order valence-corrected chi connectivity index (χ2v) is 8.99. The highest BCUT2D eigenvalue weighted by Gasteiger charge is 2.22. The Labute approximate surface area is 197 Å². The predicted octanol–water partition coefficient (Wildman–Crippen LogP) is 4.94. The summed E-state index contributed by atoms with van der Waals surface area (Å²) in [5, 5.41) is 1.35. The molecule has 0 fully saturated rings. The zero-order valence-electron chi connectivity index (χ0n) is 17.7. The van der Waals surface area contributed by atoms with Gasteiger partial charge in [-0.15, -0.1) is 12.4 Å². The number of aromatic nitrogens is 1. The number of thiazole rings is 1. The zero-order valence-corrected chi connectivity index (χ0v) is 20.1. The van der Waals surface area contributed by atoms with Gasteiger partial charge in [-0.05, 0) is 63.3 Å². The summed E-state index contributed by atoms with van der Waals surface area (Å²) >= 11 is 7.86. The number of nitrogens with zero attached hydrogens (tertiary/aromatic N) is 3. The van der Waals surface area contributed by atoms with E-state index in [0.717, 1.165) is 34.3 Å². The molecule has 0 saturated carbocycles. The maximum atomic E-state index is 13.3. The molecule has 2 aromatic carbocycles. The Hall–Kier alpha value is -2.06. The standard InChI is InChI=1S/C22H24ClN3O3S.ClH/c1-14-5-7-16(23)21-20(14)24-22(30-21)26(10-4-9-25(2)3)19(27)12-15-6-8-17-18(11-15)29-13-28-17;/h5-8,11H,4,9-10,12-13H2,1-3H3;1H. The third-order valence-electron chi connectivity index (χ3n) is 5.00. The Balaban J connectivity index is 0.00000272. The second kappa shape index (κ2) is 10.0. The van der Waals surface area contributed by atoms with Crippen molar-refractivity contribution in [1.29, 1.82) is 0 Å². The van der Waals surface area contributed by atoms with Crippen LogP contribution in [0.5, 0.6) is 11.5 Å². The largest absolute Gasteiger partial charge is 0.454 e. The van der Waals surface area contributed by atoms with Gasteiger partial charge in [0, 0.05) is 6.54 Å². The summed E-state index contributed by atoms with van der Waals surface area (Å²) in [6.45, 7) is 3.71. The first-order valence-corrected chi connectivity index (χ1v) is 11.0. The van der Waals surface area contributed by atoms with E-state index in [-0.39, 0.29) is 31.5 Å². The van der Waals surface area contributed by atoms with E-state index in [1.807, 2.05) is 51.4 Å². The monoisotopic (exact) mass is 481 g/mol. The number of benzene rings is 2. The number of rotatable bonds is 7. The van der Waals surface area contributed by atoms with Crippen LogP contribution in [0, 0.1) is 6.92 Å². The summed E-state index contributed by atoms with van der Waals surface area (Å²) in [4.78, 5) is 22.0. The summed E-state index contributed by atoms with van der Waals surface area (Å²) in [5.41, 5.74) is 2.79. The van der Waals surface area contributed by atoms with Crippen LogP contribution in [0.3, 0.4) is 0 Å². The van der Waals surface area contributed by atoms with Crippen LogP contribution in [0.4, 0.5) is 5.13 Å². The van der Waals surface area contributed by atoms with Crippen molar-refractivity contribution in [3.05, 3.63) is 46.5 Å². The van der Waals surface area contributed by atoms with E-state index in [0.29, 0.717) is 28.2 Å². The molecule has 0 bridgehead atoms. The lowest BCUT2D eigenvalue weighted by Crippen LogP contribution is -2.34. The smallest absolute Gasteiger partial charge is 0.233 e. The molecule has 2 heterocycles. The van der Waals surface area contributed by atoms with Crippen molar-refractivity contribution in [1.82, 2.24) is 9.88 Å². The van der Waals surface area contributed by atoms with Gasteiger partial charge in [-0.1, -0.05) is 35.1 Å². The van der Waals surface area contributed by atoms with Gasteiger partial charge in [-0.2, -0.15) is 0 Å². The first-order valence-electron chi connectivity index (χ1n) is 9.81. The van der Waals surface area contributed by atoms with Crippen molar-refractivity contribution in [2.24, 2.45) is 0 Å². The van der Waals surface area contributed by atoms with Gasteiger partial charge in [-0.3, -0.25) is 9.69 Å². The molecular weight excluding hydrogens is 457 g/mol. The Kier molecular flexibility index (Phi) is 7.64. The number of fused-ring (bicyclic) bond motifs is 2. The van der Waals surface area contributed by atoms with E-state index in [9.17, 15) is 4.79 Å². The van der Waals surface area contributed by atoms with Crippen molar-refractivity contribution >= 4 is 56.6 Å². The number of carbonyl (C=O) groups excluding carboxylic acids is 1. The topological polar surface area (TPSA) is 54.9 Å². The molecule has 6 nitrogen and oxygen atoms in total. The fourth-order valence-corrected chi connectivity index (χ4v) is 4.76. The molecular formula is C22H25Cl2N3O3S. The highest BCUT2D eigenvalue weighted by Crippen LogP contribution is 2.36. The first-order chi connectivity index (χ1) is 14.4. The number of amides is 1. The molecule has 0 unspecified atom stereocenters. The van der Waals surface area contributed by atoms with E-state index in [1.165, 1.54) is 11.3 Å². The number of halogens is 2. The van der Waals surface area contributed by atoms with Crippen molar-refractivity contribution < 1.29 is 14.3 Å². The van der Waals surface area contributed by atoms with Crippen LogP contribution in [-0.2, 0) is 11.2 Å². The Bertz CT molecular complexity index is 1050. The van der Waals surface area contributed by atoms with Crippen LogP contribution in [0.15, 0.2) is 30.3 Å². The van der Waals surface area contributed by atoms with Crippen LogP contribution in [-0.4, -0.2) is 49.8 Å². The highest BCUT2D eigenvalue weighted by molar-refractivity contribution is 7.23. The fourth-order valence-electron chi connectivity index (χ4n) is 3.40. The maximum absolute atomic E-state index is 13.3. The molecule has 0 aliphatic carbocycles. The molecule has 0 spiro atoms. The van der Waals surface area contributed by atoms with Crippen LogP contribution >= 0.6 is 35.3 Å². The van der Waals surface area contributed by atoms with Gasteiger partial charge < -0.3 is 14.4 Å². The Morgan fingerprint density at radius 1 is 1.16 bits per heavy atom. The van der Waals surface area contributed by atoms with E-state index < -0.39 is 0 Å². The van der Waals surface area contributed by atoms with Gasteiger partial charge >= 0.3 is 0 Å². The quantitative estimate of drug-likeness (QED) is 0.478. The molecule has 0 saturated heterocycles. The van der Waals surface area contributed by atoms with E-state index in [4.69, 9.17) is 26.1 Å². The zero-order chi connectivity index (χ0) is 21.3. The number of hydrogen-bond acceptors (Lipinski definition) is 6. The van der Waals surface area contributed by atoms with Crippen molar-refractivity contribution in [2.75, 3.05) is 38.9 Å². The molecule has 1 aromatic heterocycles. The number of ether oxygens (including phenoxy) is 2. The van der Waals surface area contributed by atoms with Crippen LogP contribution in [0.1, 0.15) is 17.5 Å². The Morgan fingerprint density at radius 3 is 2.68 bits per heavy atom. The normalized spacial score (nSPS) is 12.3. The van der Waals surface area contributed by atoms with Crippen LogP contribution < -0.4 is 14.4 Å². The van der Waals surface area contributed by atoms with Crippen molar-refractivity contribution in [3.8, 4) is 11.5 Å². The van der Waals surface area contributed by atoms with Gasteiger partial charge in [-0.25, -0.2) is 4.98 Å². The van der Waals surface area contributed by atoms with Crippen LogP contribution in [0.25, 0.3) is 10.2 Å². The van der Waals surface area contributed by atoms with Crippen molar-refractivity contribution in [2.45, 2.75) is 19.8 Å². The molecule has 31 heavy (non-hydrogen) atoms. The summed E-state index contributed by atoms with van der Waals surface area (Å²) < 4.78 is 11.7. The summed E-state index contributed by atoms with van der Waals surface area (Å²) in [5.74, 6) is 1.40. The average Bonchev–Trinajstić information content (AvgIpc) is 3.35. The lowest BCUT2D eigenvalue weighted by Gasteiger charge is -2.21. The molecule has 0 radical (unpaired) electrons. The predicted molar refractivity (Wildman–Crippen MR) is 128 cm³/mol. The van der Waals surface area contributed by atoms with E-state index >= 15 is 0 Å². The number of anilines is 1. The fraction of sp³-hybridized carbons (Fsp3) is 0.364. The van der Waals surface area contributed by atoms with Gasteiger partial charge in [0.15, 0.2) is 16.6 Å². The first kappa shape index (κ1) is 23.6. The number of aryl methyl sites for hydroxylation is 1. The molecule has 1 amide bonds.